The lowest BCUT2D eigenvalue weighted by Crippen LogP contribution is -2.03. The summed E-state index contributed by atoms with van der Waals surface area (Å²) in [6.45, 7) is 9.55. The normalized spacial score (nSPS) is 16.6. The Labute approximate surface area is 144 Å². The summed E-state index contributed by atoms with van der Waals surface area (Å²) in [6, 6.07) is 0. The smallest absolute Gasteiger partial charge is 0.306 e. The monoisotopic (exact) mass is 344 g/mol. The third kappa shape index (κ3) is 18.2. The molecule has 6 heteroatoms. The highest BCUT2D eigenvalue weighted by Gasteiger charge is 2.20. The zero-order valence-corrected chi connectivity index (χ0v) is 15.1. The third-order valence-corrected chi connectivity index (χ3v) is 3.53. The molecule has 1 fully saturated rings. The molecular weight excluding hydrogens is 312 g/mol. The molecule has 1 saturated heterocycles. The first-order valence-corrected chi connectivity index (χ1v) is 8.50. The van der Waals surface area contributed by atoms with Crippen molar-refractivity contribution in [3.63, 3.8) is 0 Å². The Bertz CT molecular complexity index is 378. The molecule has 1 rings (SSSR count). The van der Waals surface area contributed by atoms with Crippen molar-refractivity contribution in [3.8, 4) is 0 Å². The fraction of sp³-hybridized carbons (Fsp3) is 0.722. The van der Waals surface area contributed by atoms with Crippen molar-refractivity contribution in [2.24, 2.45) is 5.92 Å². The van der Waals surface area contributed by atoms with Crippen LogP contribution >= 0.6 is 0 Å². The Kier molecular flexibility index (Phi) is 16.3. The van der Waals surface area contributed by atoms with E-state index in [4.69, 9.17) is 14.9 Å². The van der Waals surface area contributed by atoms with Gasteiger partial charge in [0.25, 0.3) is 0 Å². The van der Waals surface area contributed by atoms with Crippen molar-refractivity contribution in [2.75, 3.05) is 0 Å². The van der Waals surface area contributed by atoms with E-state index in [1.807, 2.05) is 6.92 Å². The molecule has 0 bridgehead atoms. The molecule has 0 aromatic rings. The fourth-order valence-corrected chi connectivity index (χ4v) is 1.67. The van der Waals surface area contributed by atoms with Crippen LogP contribution in [0.2, 0.25) is 0 Å². The van der Waals surface area contributed by atoms with E-state index in [0.29, 0.717) is 25.2 Å². The van der Waals surface area contributed by atoms with Gasteiger partial charge >= 0.3 is 17.9 Å². The Morgan fingerprint density at radius 3 is 2.12 bits per heavy atom. The van der Waals surface area contributed by atoms with Gasteiger partial charge in [0.1, 0.15) is 6.10 Å². The van der Waals surface area contributed by atoms with E-state index in [2.05, 4.69) is 20.4 Å². The van der Waals surface area contributed by atoms with Crippen LogP contribution in [0.1, 0.15) is 72.1 Å². The maximum atomic E-state index is 10.4. The van der Waals surface area contributed by atoms with Crippen LogP contribution in [0.4, 0.5) is 0 Å². The molecule has 0 spiro atoms. The van der Waals surface area contributed by atoms with Gasteiger partial charge in [0.15, 0.2) is 0 Å². The van der Waals surface area contributed by atoms with Crippen molar-refractivity contribution < 1.29 is 29.3 Å². The number of hydrogen-bond acceptors (Lipinski definition) is 4. The standard InChI is InChI=1S/C7H14O2.C6H10O2.C5H8O2/c1-3-6(2)4-5-7(8)9;1-2-5-3-4-6(7)8-5;1-2-3-4-5(6)7/h6H,3-5H2,1-2H3,(H,8,9);5H,2-4H2,1H3;2H,1,3-4H2,(H,6,7). The van der Waals surface area contributed by atoms with Crippen LogP contribution in [0.15, 0.2) is 12.7 Å². The van der Waals surface area contributed by atoms with Crippen molar-refractivity contribution in [2.45, 2.75) is 78.2 Å². The molecule has 1 aliphatic rings. The van der Waals surface area contributed by atoms with E-state index in [1.54, 1.807) is 6.08 Å². The fourth-order valence-electron chi connectivity index (χ4n) is 1.67. The van der Waals surface area contributed by atoms with Crippen LogP contribution in [0.25, 0.3) is 0 Å². The first-order chi connectivity index (χ1) is 11.3. The topological polar surface area (TPSA) is 101 Å². The number of aliphatic carboxylic acids is 2. The molecule has 1 heterocycles. The van der Waals surface area contributed by atoms with Gasteiger partial charge in [-0.05, 0) is 31.6 Å². The zero-order valence-electron chi connectivity index (χ0n) is 15.1. The molecule has 24 heavy (non-hydrogen) atoms. The highest BCUT2D eigenvalue weighted by molar-refractivity contribution is 5.71. The lowest BCUT2D eigenvalue weighted by atomic mass is 10.0. The number of carboxylic acid groups (broad SMARTS) is 2. The number of carbonyl (C=O) groups is 3. The summed E-state index contributed by atoms with van der Waals surface area (Å²) in [7, 11) is 0. The highest BCUT2D eigenvalue weighted by atomic mass is 16.5. The quantitative estimate of drug-likeness (QED) is 0.509. The molecule has 1 aliphatic heterocycles. The van der Waals surface area contributed by atoms with Gasteiger partial charge in [-0.1, -0.05) is 33.3 Å². The molecule has 2 atom stereocenters. The lowest BCUT2D eigenvalue weighted by Gasteiger charge is -2.03. The van der Waals surface area contributed by atoms with Crippen molar-refractivity contribution in [1.82, 2.24) is 0 Å². The van der Waals surface area contributed by atoms with E-state index in [0.717, 1.165) is 25.7 Å². The number of carbonyl (C=O) groups excluding carboxylic acids is 1. The second-order valence-corrected chi connectivity index (χ2v) is 5.73. The predicted octanol–water partition coefficient (Wildman–Crippen LogP) is 4.04. The van der Waals surface area contributed by atoms with Gasteiger partial charge in [-0.2, -0.15) is 0 Å². The maximum absolute atomic E-state index is 10.4. The average molecular weight is 344 g/mol. The van der Waals surface area contributed by atoms with Crippen molar-refractivity contribution in [1.29, 1.82) is 0 Å². The van der Waals surface area contributed by atoms with Crippen LogP contribution in [0.5, 0.6) is 0 Å². The molecule has 2 N–H and O–H groups in total. The summed E-state index contributed by atoms with van der Waals surface area (Å²) in [6.07, 6.45) is 7.29. The zero-order chi connectivity index (χ0) is 19.0. The number of ether oxygens (including phenoxy) is 1. The Hall–Kier alpha value is -1.85. The number of hydrogen-bond donors (Lipinski definition) is 2. The van der Waals surface area contributed by atoms with Crippen LogP contribution < -0.4 is 0 Å². The molecule has 0 aliphatic carbocycles. The number of rotatable bonds is 8. The van der Waals surface area contributed by atoms with E-state index in [9.17, 15) is 14.4 Å². The van der Waals surface area contributed by atoms with Gasteiger partial charge in [-0.15, -0.1) is 6.58 Å². The second kappa shape index (κ2) is 16.0. The molecule has 0 amide bonds. The van der Waals surface area contributed by atoms with Gasteiger partial charge in [0.05, 0.1) is 0 Å². The molecule has 0 aromatic heterocycles. The van der Waals surface area contributed by atoms with E-state index in [1.165, 1.54) is 0 Å². The third-order valence-electron chi connectivity index (χ3n) is 3.53. The first-order valence-electron chi connectivity index (χ1n) is 8.50. The van der Waals surface area contributed by atoms with Crippen LogP contribution in [0.3, 0.4) is 0 Å². The van der Waals surface area contributed by atoms with E-state index in [-0.39, 0.29) is 18.5 Å². The van der Waals surface area contributed by atoms with Gasteiger partial charge < -0.3 is 14.9 Å². The van der Waals surface area contributed by atoms with Crippen LogP contribution in [-0.2, 0) is 19.1 Å². The van der Waals surface area contributed by atoms with Gasteiger partial charge in [-0.25, -0.2) is 0 Å². The number of allylic oxidation sites excluding steroid dienone is 1. The van der Waals surface area contributed by atoms with Gasteiger partial charge in [0, 0.05) is 19.3 Å². The predicted molar refractivity (Wildman–Crippen MR) is 92.8 cm³/mol. The first kappa shape index (κ1) is 24.4. The molecule has 0 radical (unpaired) electrons. The molecule has 0 saturated carbocycles. The van der Waals surface area contributed by atoms with Gasteiger partial charge in [-0.3, -0.25) is 14.4 Å². The minimum absolute atomic E-state index is 0.0307. The van der Waals surface area contributed by atoms with Crippen molar-refractivity contribution >= 4 is 17.9 Å². The Morgan fingerprint density at radius 1 is 1.29 bits per heavy atom. The number of carboxylic acids is 2. The second-order valence-electron chi connectivity index (χ2n) is 5.73. The minimum Gasteiger partial charge on any atom is -0.481 e. The molecular formula is C18H32O6. The van der Waals surface area contributed by atoms with Gasteiger partial charge in [0.2, 0.25) is 0 Å². The summed E-state index contributed by atoms with van der Waals surface area (Å²) in [4.78, 5) is 30.1. The van der Waals surface area contributed by atoms with Crippen LogP contribution in [0, 0.1) is 5.92 Å². The number of esters is 1. The van der Waals surface area contributed by atoms with E-state index < -0.39 is 11.9 Å². The summed E-state index contributed by atoms with van der Waals surface area (Å²) in [5.41, 5.74) is 0. The average Bonchev–Trinajstić information content (AvgIpc) is 2.97. The van der Waals surface area contributed by atoms with Crippen LogP contribution in [-0.4, -0.2) is 34.2 Å². The minimum atomic E-state index is -0.764. The number of cyclic esters (lactones) is 1. The summed E-state index contributed by atoms with van der Waals surface area (Å²) >= 11 is 0. The SMILES string of the molecule is C=CCCC(=O)O.CCC(C)CCC(=O)O.CCC1CCC(=O)O1. The molecule has 140 valence electrons. The Balaban J connectivity index is 0. The lowest BCUT2D eigenvalue weighted by molar-refractivity contribution is -0.141. The van der Waals surface area contributed by atoms with Crippen molar-refractivity contribution in [3.05, 3.63) is 12.7 Å². The van der Waals surface area contributed by atoms with E-state index >= 15 is 0 Å². The maximum Gasteiger partial charge on any atom is 0.306 e. The molecule has 0 aromatic carbocycles. The Morgan fingerprint density at radius 2 is 1.88 bits per heavy atom. The molecule has 2 unspecified atom stereocenters. The summed E-state index contributed by atoms with van der Waals surface area (Å²) in [5.74, 6) is -0.923. The molecule has 6 nitrogen and oxygen atoms in total. The largest absolute Gasteiger partial charge is 0.481 e. The highest BCUT2D eigenvalue weighted by Crippen LogP contribution is 2.15. The summed E-state index contributed by atoms with van der Waals surface area (Å²) < 4.78 is 4.87. The summed E-state index contributed by atoms with van der Waals surface area (Å²) in [5, 5.41) is 16.3.